The number of carbonyl (C=O) groups excluding carboxylic acids is 2. The quantitative estimate of drug-likeness (QED) is 0.569. The number of ether oxygens (including phenoxy) is 1. The molecule has 0 spiro atoms. The molecule has 0 radical (unpaired) electrons. The molecule has 0 aliphatic heterocycles. The first-order valence-electron chi connectivity index (χ1n) is 8.55. The molecule has 1 heterocycles. The molecule has 2 aromatic carbocycles. The van der Waals surface area contributed by atoms with E-state index >= 15 is 0 Å². The van der Waals surface area contributed by atoms with Crippen LogP contribution < -0.4 is 10.6 Å². The molecule has 0 aliphatic rings. The van der Waals surface area contributed by atoms with E-state index in [0.717, 1.165) is 22.5 Å². The van der Waals surface area contributed by atoms with Gasteiger partial charge in [-0.25, -0.2) is 9.78 Å². The van der Waals surface area contributed by atoms with Crippen LogP contribution in [0.3, 0.4) is 0 Å². The maximum atomic E-state index is 12.5. The van der Waals surface area contributed by atoms with Gasteiger partial charge in [0.05, 0.1) is 6.61 Å². The van der Waals surface area contributed by atoms with Crippen molar-refractivity contribution in [2.45, 2.75) is 13.8 Å². The first kappa shape index (κ1) is 19.9. The molecule has 144 valence electrons. The highest BCUT2D eigenvalue weighted by Crippen LogP contribution is 2.36. The number of nitrogens with zero attached hydrogens (tertiary/aromatic N) is 1. The summed E-state index contributed by atoms with van der Waals surface area (Å²) in [5, 5.41) is 6.75. The average molecular weight is 416 g/mol. The first-order chi connectivity index (χ1) is 13.5. The van der Waals surface area contributed by atoms with E-state index in [1.165, 1.54) is 0 Å². The summed E-state index contributed by atoms with van der Waals surface area (Å²) >= 11 is 7.10. The van der Waals surface area contributed by atoms with Crippen LogP contribution in [0.5, 0.6) is 0 Å². The summed E-state index contributed by atoms with van der Waals surface area (Å²) in [6.45, 7) is 3.96. The maximum Gasteiger partial charge on any atom is 0.412 e. The first-order valence-corrected chi connectivity index (χ1v) is 9.74. The largest absolute Gasteiger partial charge is 0.450 e. The standard InChI is InChI=1S/C20H18ClN3O3S/c1-3-27-20(26)24-18-16(13-9-7-12(2)8-10-13)22-19(28-18)23-17(25)14-5-4-6-15(21)11-14/h4-11H,3H2,1-2H3,(H,24,26)(H,22,23,25). The molecule has 0 atom stereocenters. The topological polar surface area (TPSA) is 80.3 Å². The van der Waals surface area contributed by atoms with Gasteiger partial charge in [0.25, 0.3) is 5.91 Å². The molecule has 0 unspecified atom stereocenters. The highest BCUT2D eigenvalue weighted by Gasteiger charge is 2.18. The predicted molar refractivity (Wildman–Crippen MR) is 112 cm³/mol. The lowest BCUT2D eigenvalue weighted by Gasteiger charge is -2.05. The van der Waals surface area contributed by atoms with E-state index in [1.54, 1.807) is 31.2 Å². The van der Waals surface area contributed by atoms with Crippen molar-refractivity contribution in [1.29, 1.82) is 0 Å². The van der Waals surface area contributed by atoms with Crippen LogP contribution in [-0.2, 0) is 4.74 Å². The lowest BCUT2D eigenvalue weighted by Crippen LogP contribution is -2.12. The van der Waals surface area contributed by atoms with Crippen molar-refractivity contribution in [3.05, 3.63) is 64.7 Å². The molecular weight excluding hydrogens is 398 g/mol. The molecule has 3 rings (SSSR count). The average Bonchev–Trinajstić information content (AvgIpc) is 3.04. The molecule has 0 aliphatic carbocycles. The predicted octanol–water partition coefficient (Wildman–Crippen LogP) is 5.59. The molecule has 0 saturated carbocycles. The molecule has 0 bridgehead atoms. The summed E-state index contributed by atoms with van der Waals surface area (Å²) in [7, 11) is 0. The van der Waals surface area contributed by atoms with Crippen molar-refractivity contribution in [3.63, 3.8) is 0 Å². The molecule has 1 aromatic heterocycles. The number of aryl methyl sites for hydroxylation is 1. The van der Waals surface area contributed by atoms with Crippen LogP contribution in [-0.4, -0.2) is 23.6 Å². The second-order valence-electron chi connectivity index (χ2n) is 5.87. The van der Waals surface area contributed by atoms with Crippen molar-refractivity contribution in [1.82, 2.24) is 4.98 Å². The number of carbonyl (C=O) groups is 2. The molecule has 0 fully saturated rings. The Kier molecular flexibility index (Phi) is 6.28. The van der Waals surface area contributed by atoms with Crippen molar-refractivity contribution in [3.8, 4) is 11.3 Å². The van der Waals surface area contributed by atoms with Gasteiger partial charge in [-0.2, -0.15) is 0 Å². The minimum atomic E-state index is -0.577. The third-order valence-corrected chi connectivity index (χ3v) is 4.87. The normalized spacial score (nSPS) is 10.4. The Hall–Kier alpha value is -2.90. The van der Waals surface area contributed by atoms with Gasteiger partial charge in [-0.15, -0.1) is 0 Å². The fourth-order valence-corrected chi connectivity index (χ4v) is 3.48. The van der Waals surface area contributed by atoms with Crippen LogP contribution in [0, 0.1) is 6.92 Å². The Morgan fingerprint density at radius 1 is 1.14 bits per heavy atom. The summed E-state index contributed by atoms with van der Waals surface area (Å²) in [4.78, 5) is 28.9. The Labute approximate surface area is 171 Å². The van der Waals surface area contributed by atoms with Gasteiger partial charge in [0.2, 0.25) is 0 Å². The third kappa shape index (κ3) is 4.88. The second kappa shape index (κ2) is 8.86. The molecule has 28 heavy (non-hydrogen) atoms. The van der Waals surface area contributed by atoms with E-state index in [-0.39, 0.29) is 12.5 Å². The van der Waals surface area contributed by atoms with E-state index in [2.05, 4.69) is 15.6 Å². The van der Waals surface area contributed by atoms with E-state index in [1.807, 2.05) is 31.2 Å². The molecular formula is C20H18ClN3O3S. The Morgan fingerprint density at radius 3 is 2.57 bits per heavy atom. The molecule has 2 amide bonds. The number of benzene rings is 2. The van der Waals surface area contributed by atoms with E-state index < -0.39 is 6.09 Å². The highest BCUT2D eigenvalue weighted by atomic mass is 35.5. The van der Waals surface area contributed by atoms with Crippen molar-refractivity contribution >= 4 is 45.1 Å². The van der Waals surface area contributed by atoms with Gasteiger partial charge >= 0.3 is 6.09 Å². The number of nitrogens with one attached hydrogen (secondary N) is 2. The number of hydrogen-bond acceptors (Lipinski definition) is 5. The summed E-state index contributed by atoms with van der Waals surface area (Å²) in [5.41, 5.74) is 2.89. The van der Waals surface area contributed by atoms with Gasteiger partial charge in [-0.1, -0.05) is 58.8 Å². The fraction of sp³-hybridized carbons (Fsp3) is 0.150. The number of hydrogen-bond donors (Lipinski definition) is 2. The van der Waals surface area contributed by atoms with Crippen LogP contribution in [0.2, 0.25) is 5.02 Å². The van der Waals surface area contributed by atoms with Gasteiger partial charge in [-0.3, -0.25) is 15.4 Å². The molecule has 6 nitrogen and oxygen atoms in total. The van der Waals surface area contributed by atoms with Crippen molar-refractivity contribution < 1.29 is 14.3 Å². The number of thiazole rings is 1. The number of halogens is 1. The second-order valence-corrected chi connectivity index (χ2v) is 7.31. The maximum absolute atomic E-state index is 12.5. The summed E-state index contributed by atoms with van der Waals surface area (Å²) < 4.78 is 4.96. The number of rotatable bonds is 5. The number of amides is 2. The van der Waals surface area contributed by atoms with Crippen LogP contribution in [0.15, 0.2) is 48.5 Å². The van der Waals surface area contributed by atoms with Crippen molar-refractivity contribution in [2.24, 2.45) is 0 Å². The van der Waals surface area contributed by atoms with E-state index in [4.69, 9.17) is 16.3 Å². The zero-order valence-electron chi connectivity index (χ0n) is 15.3. The Morgan fingerprint density at radius 2 is 1.89 bits per heavy atom. The van der Waals surface area contributed by atoms with E-state index in [9.17, 15) is 9.59 Å². The molecule has 0 saturated heterocycles. The van der Waals surface area contributed by atoms with Gasteiger partial charge in [0.1, 0.15) is 10.7 Å². The number of anilines is 2. The Bertz CT molecular complexity index is 1000. The Balaban J connectivity index is 1.90. The highest BCUT2D eigenvalue weighted by molar-refractivity contribution is 7.20. The fourth-order valence-electron chi connectivity index (χ4n) is 2.42. The smallest absolute Gasteiger partial charge is 0.412 e. The zero-order chi connectivity index (χ0) is 20.1. The summed E-state index contributed by atoms with van der Waals surface area (Å²) in [6, 6.07) is 14.3. The van der Waals surface area contributed by atoms with Gasteiger partial charge in [0, 0.05) is 16.1 Å². The van der Waals surface area contributed by atoms with Crippen molar-refractivity contribution in [2.75, 3.05) is 17.2 Å². The summed E-state index contributed by atoms with van der Waals surface area (Å²) in [6.07, 6.45) is -0.577. The van der Waals surface area contributed by atoms with Gasteiger partial charge < -0.3 is 4.74 Å². The van der Waals surface area contributed by atoms with Crippen LogP contribution in [0.1, 0.15) is 22.8 Å². The minimum Gasteiger partial charge on any atom is -0.450 e. The minimum absolute atomic E-state index is 0.253. The van der Waals surface area contributed by atoms with Gasteiger partial charge in [0.15, 0.2) is 5.13 Å². The lowest BCUT2D eigenvalue weighted by molar-refractivity contribution is 0.102. The van der Waals surface area contributed by atoms with E-state index in [0.29, 0.717) is 26.4 Å². The van der Waals surface area contributed by atoms with Crippen LogP contribution in [0.4, 0.5) is 14.9 Å². The SMILES string of the molecule is CCOC(=O)Nc1sc(NC(=O)c2cccc(Cl)c2)nc1-c1ccc(C)cc1. The van der Waals surface area contributed by atoms with Gasteiger partial charge in [-0.05, 0) is 32.0 Å². The third-order valence-electron chi connectivity index (χ3n) is 3.75. The monoisotopic (exact) mass is 415 g/mol. The summed E-state index contributed by atoms with van der Waals surface area (Å²) in [5.74, 6) is -0.339. The molecule has 3 aromatic rings. The lowest BCUT2D eigenvalue weighted by atomic mass is 10.1. The van der Waals surface area contributed by atoms with Crippen LogP contribution in [0.25, 0.3) is 11.3 Å². The molecule has 8 heteroatoms. The number of aromatic nitrogens is 1. The zero-order valence-corrected chi connectivity index (χ0v) is 16.9. The molecule has 2 N–H and O–H groups in total. The van der Waals surface area contributed by atoms with Crippen LogP contribution >= 0.6 is 22.9 Å².